The average Bonchev–Trinajstić information content (AvgIpc) is 2.21. The van der Waals surface area contributed by atoms with Gasteiger partial charge in [0.25, 0.3) is 0 Å². The molecule has 0 radical (unpaired) electrons. The van der Waals surface area contributed by atoms with Crippen LogP contribution < -0.4 is 5.32 Å². The Kier molecular flexibility index (Phi) is 4.86. The van der Waals surface area contributed by atoms with E-state index >= 15 is 0 Å². The van der Waals surface area contributed by atoms with Gasteiger partial charge in [-0.2, -0.15) is 11.8 Å². The summed E-state index contributed by atoms with van der Waals surface area (Å²) >= 11 is 1.79. The highest BCUT2D eigenvalue weighted by Crippen LogP contribution is 2.23. The topological polar surface area (TPSA) is 49.4 Å². The fourth-order valence-electron chi connectivity index (χ4n) is 1.80. The molecule has 0 bridgehead atoms. The molecule has 0 spiro atoms. The number of piperazine rings is 1. The fourth-order valence-corrected chi connectivity index (χ4v) is 2.44. The SMILES string of the molecule is CCSCCN1CC(=O)NC(C(C)(C)C)C1=O. The van der Waals surface area contributed by atoms with Gasteiger partial charge in [0, 0.05) is 12.3 Å². The van der Waals surface area contributed by atoms with Crippen molar-refractivity contribution in [3.63, 3.8) is 0 Å². The van der Waals surface area contributed by atoms with Crippen LogP contribution in [-0.2, 0) is 9.59 Å². The molecule has 1 rings (SSSR count). The lowest BCUT2D eigenvalue weighted by Gasteiger charge is -2.38. The van der Waals surface area contributed by atoms with Crippen LogP contribution in [0, 0.1) is 5.41 Å². The molecule has 98 valence electrons. The molecule has 5 heteroatoms. The number of rotatable bonds is 4. The lowest BCUT2D eigenvalue weighted by Crippen LogP contribution is -2.62. The van der Waals surface area contributed by atoms with Gasteiger partial charge in [-0.15, -0.1) is 0 Å². The highest BCUT2D eigenvalue weighted by atomic mass is 32.2. The second-order valence-corrected chi connectivity index (χ2v) is 6.72. The highest BCUT2D eigenvalue weighted by molar-refractivity contribution is 7.99. The van der Waals surface area contributed by atoms with Crippen LogP contribution in [0.2, 0.25) is 0 Å². The molecule has 1 aliphatic heterocycles. The zero-order chi connectivity index (χ0) is 13.1. The molecule has 1 unspecified atom stereocenters. The van der Waals surface area contributed by atoms with Crippen molar-refractivity contribution in [3.05, 3.63) is 0 Å². The summed E-state index contributed by atoms with van der Waals surface area (Å²) in [5.41, 5.74) is -0.233. The Hall–Kier alpha value is -0.710. The first kappa shape index (κ1) is 14.4. The number of hydrogen-bond acceptors (Lipinski definition) is 3. The first-order valence-corrected chi connectivity index (χ1v) is 7.17. The summed E-state index contributed by atoms with van der Waals surface area (Å²) in [5, 5.41) is 2.79. The number of nitrogens with zero attached hydrogens (tertiary/aromatic N) is 1. The second-order valence-electron chi connectivity index (χ2n) is 5.32. The third-order valence-corrected chi connectivity index (χ3v) is 3.65. The van der Waals surface area contributed by atoms with Crippen LogP contribution in [-0.4, -0.2) is 47.4 Å². The Morgan fingerprint density at radius 1 is 1.41 bits per heavy atom. The quantitative estimate of drug-likeness (QED) is 0.769. The van der Waals surface area contributed by atoms with Gasteiger partial charge in [0.15, 0.2) is 0 Å². The minimum atomic E-state index is -0.393. The Balaban J connectivity index is 2.66. The van der Waals surface area contributed by atoms with Crippen LogP contribution in [0.1, 0.15) is 27.7 Å². The maximum Gasteiger partial charge on any atom is 0.246 e. The van der Waals surface area contributed by atoms with Crippen molar-refractivity contribution >= 4 is 23.6 Å². The van der Waals surface area contributed by atoms with Crippen molar-refractivity contribution < 1.29 is 9.59 Å². The minimum Gasteiger partial charge on any atom is -0.342 e. The van der Waals surface area contributed by atoms with E-state index in [4.69, 9.17) is 0 Å². The Morgan fingerprint density at radius 3 is 2.59 bits per heavy atom. The summed E-state index contributed by atoms with van der Waals surface area (Å²) in [6.45, 7) is 8.88. The summed E-state index contributed by atoms with van der Waals surface area (Å²) in [6.07, 6.45) is 0. The maximum absolute atomic E-state index is 12.2. The summed E-state index contributed by atoms with van der Waals surface area (Å²) < 4.78 is 0. The molecule has 4 nitrogen and oxygen atoms in total. The lowest BCUT2D eigenvalue weighted by molar-refractivity contribution is -0.147. The number of nitrogens with one attached hydrogen (secondary N) is 1. The van der Waals surface area contributed by atoms with Gasteiger partial charge in [-0.1, -0.05) is 27.7 Å². The smallest absolute Gasteiger partial charge is 0.246 e. The monoisotopic (exact) mass is 258 g/mol. The van der Waals surface area contributed by atoms with E-state index in [-0.39, 0.29) is 23.8 Å². The molecule has 0 saturated carbocycles. The van der Waals surface area contributed by atoms with Crippen LogP contribution >= 0.6 is 11.8 Å². The van der Waals surface area contributed by atoms with Crippen molar-refractivity contribution in [3.8, 4) is 0 Å². The maximum atomic E-state index is 12.2. The molecule has 1 fully saturated rings. The molecule has 0 aromatic heterocycles. The first-order valence-electron chi connectivity index (χ1n) is 6.02. The van der Waals surface area contributed by atoms with Crippen molar-refractivity contribution in [2.45, 2.75) is 33.7 Å². The number of carbonyl (C=O) groups excluding carboxylic acids is 2. The van der Waals surface area contributed by atoms with Crippen LogP contribution in [0.25, 0.3) is 0 Å². The van der Waals surface area contributed by atoms with E-state index < -0.39 is 6.04 Å². The molecule has 1 N–H and O–H groups in total. The Morgan fingerprint density at radius 2 is 2.06 bits per heavy atom. The fraction of sp³-hybridized carbons (Fsp3) is 0.833. The van der Waals surface area contributed by atoms with E-state index in [1.807, 2.05) is 20.8 Å². The van der Waals surface area contributed by atoms with Gasteiger partial charge in [-0.3, -0.25) is 9.59 Å². The number of amides is 2. The molecule has 1 atom stereocenters. The molecular formula is C12H22N2O2S. The van der Waals surface area contributed by atoms with Crippen LogP contribution in [0.4, 0.5) is 0 Å². The third-order valence-electron chi connectivity index (χ3n) is 2.77. The number of thioether (sulfide) groups is 1. The molecule has 0 aromatic rings. The second kappa shape index (κ2) is 5.76. The van der Waals surface area contributed by atoms with Gasteiger partial charge in [0.1, 0.15) is 6.04 Å². The largest absolute Gasteiger partial charge is 0.342 e. The third kappa shape index (κ3) is 3.91. The van der Waals surface area contributed by atoms with E-state index in [0.717, 1.165) is 11.5 Å². The highest BCUT2D eigenvalue weighted by Gasteiger charge is 2.39. The average molecular weight is 258 g/mol. The van der Waals surface area contributed by atoms with E-state index in [0.29, 0.717) is 6.54 Å². The van der Waals surface area contributed by atoms with Crippen LogP contribution in [0.5, 0.6) is 0 Å². The molecule has 0 aliphatic carbocycles. The van der Waals surface area contributed by atoms with Crippen molar-refractivity contribution in [1.29, 1.82) is 0 Å². The lowest BCUT2D eigenvalue weighted by atomic mass is 9.85. The first-order chi connectivity index (χ1) is 7.86. The zero-order valence-electron chi connectivity index (χ0n) is 11.1. The van der Waals surface area contributed by atoms with E-state index in [9.17, 15) is 9.59 Å². The molecular weight excluding hydrogens is 236 g/mol. The standard InChI is InChI=1S/C12H22N2O2S/c1-5-17-7-6-14-8-9(15)13-10(11(14)16)12(2,3)4/h10H,5-8H2,1-4H3,(H,13,15). The normalized spacial score (nSPS) is 21.6. The van der Waals surface area contributed by atoms with Crippen molar-refractivity contribution in [1.82, 2.24) is 10.2 Å². The molecule has 1 heterocycles. The number of carbonyl (C=O) groups is 2. The van der Waals surface area contributed by atoms with Gasteiger partial charge in [-0.25, -0.2) is 0 Å². The Labute approximate surface area is 108 Å². The van der Waals surface area contributed by atoms with E-state index in [2.05, 4.69) is 12.2 Å². The molecule has 17 heavy (non-hydrogen) atoms. The minimum absolute atomic E-state index is 0.0498. The van der Waals surface area contributed by atoms with Gasteiger partial charge in [0.05, 0.1) is 6.54 Å². The Bertz CT molecular complexity index is 299. The van der Waals surface area contributed by atoms with Crippen LogP contribution in [0.15, 0.2) is 0 Å². The number of hydrogen-bond donors (Lipinski definition) is 1. The van der Waals surface area contributed by atoms with E-state index in [1.165, 1.54) is 0 Å². The van der Waals surface area contributed by atoms with Gasteiger partial charge in [0.2, 0.25) is 11.8 Å². The van der Waals surface area contributed by atoms with Gasteiger partial charge < -0.3 is 10.2 Å². The molecule has 0 aromatic carbocycles. The molecule has 1 aliphatic rings. The summed E-state index contributed by atoms with van der Waals surface area (Å²) in [5.74, 6) is 1.93. The molecule has 2 amide bonds. The summed E-state index contributed by atoms with van der Waals surface area (Å²) in [6, 6.07) is -0.393. The van der Waals surface area contributed by atoms with Crippen LogP contribution in [0.3, 0.4) is 0 Å². The van der Waals surface area contributed by atoms with Gasteiger partial charge in [-0.05, 0) is 11.2 Å². The molecule has 1 saturated heterocycles. The van der Waals surface area contributed by atoms with Crippen molar-refractivity contribution in [2.75, 3.05) is 24.6 Å². The predicted octanol–water partition coefficient (Wildman–Crippen LogP) is 1.11. The van der Waals surface area contributed by atoms with E-state index in [1.54, 1.807) is 16.7 Å². The summed E-state index contributed by atoms with van der Waals surface area (Å²) in [7, 11) is 0. The summed E-state index contributed by atoms with van der Waals surface area (Å²) in [4.78, 5) is 25.5. The predicted molar refractivity (Wildman–Crippen MR) is 71.0 cm³/mol. The van der Waals surface area contributed by atoms with Gasteiger partial charge >= 0.3 is 0 Å². The zero-order valence-corrected chi connectivity index (χ0v) is 11.9. The van der Waals surface area contributed by atoms with Crippen molar-refractivity contribution in [2.24, 2.45) is 5.41 Å².